The van der Waals surface area contributed by atoms with Gasteiger partial charge in [0.05, 0.1) is 0 Å². The first kappa shape index (κ1) is 15.5. The highest BCUT2D eigenvalue weighted by Gasteiger charge is 2.14. The lowest BCUT2D eigenvalue weighted by atomic mass is 10.2. The minimum atomic E-state index is -0.158. The van der Waals surface area contributed by atoms with Crippen molar-refractivity contribution in [3.63, 3.8) is 0 Å². The van der Waals surface area contributed by atoms with E-state index in [0.717, 1.165) is 22.2 Å². The van der Waals surface area contributed by atoms with Crippen LogP contribution in [-0.4, -0.2) is 27.0 Å². The summed E-state index contributed by atoms with van der Waals surface area (Å²) in [4.78, 5) is 27.7. The Morgan fingerprint density at radius 1 is 1.24 bits per heavy atom. The molecule has 2 aromatic rings. The molecule has 2 rings (SSSR count). The zero-order chi connectivity index (χ0) is 15.6. The monoisotopic (exact) mass is 305 g/mol. The van der Waals surface area contributed by atoms with Gasteiger partial charge in [0.2, 0.25) is 0 Å². The number of hydrogen-bond acceptors (Lipinski definition) is 6. The zero-order valence-corrected chi connectivity index (χ0v) is 13.6. The van der Waals surface area contributed by atoms with Crippen LogP contribution in [0.1, 0.15) is 36.8 Å². The third-order valence-corrected chi connectivity index (χ3v) is 3.89. The van der Waals surface area contributed by atoms with Crippen molar-refractivity contribution in [3.05, 3.63) is 33.5 Å². The molecule has 0 aromatic carbocycles. The molecule has 0 saturated carbocycles. The van der Waals surface area contributed by atoms with E-state index in [4.69, 9.17) is 0 Å². The number of anilines is 1. The van der Waals surface area contributed by atoms with E-state index in [1.165, 1.54) is 17.8 Å². The summed E-state index contributed by atoms with van der Waals surface area (Å²) in [5, 5.41) is 4.42. The lowest BCUT2D eigenvalue weighted by Crippen LogP contribution is -2.09. The van der Waals surface area contributed by atoms with Crippen molar-refractivity contribution in [2.45, 2.75) is 43.8 Å². The molecular formula is C14H19N5OS. The van der Waals surface area contributed by atoms with Gasteiger partial charge in [0.15, 0.2) is 5.16 Å². The molecule has 0 aliphatic carbocycles. The van der Waals surface area contributed by atoms with Gasteiger partial charge in [-0.3, -0.25) is 4.79 Å². The number of nitrogens with zero attached hydrogens (tertiary/aromatic N) is 3. The molecule has 0 bridgehead atoms. The molecule has 2 aromatic heterocycles. The van der Waals surface area contributed by atoms with Crippen LogP contribution in [0.4, 0.5) is 5.82 Å². The van der Waals surface area contributed by atoms with Crippen molar-refractivity contribution in [1.29, 1.82) is 0 Å². The molecule has 6 nitrogen and oxygen atoms in total. The summed E-state index contributed by atoms with van der Waals surface area (Å²) in [5.41, 5.74) is 1.47. The van der Waals surface area contributed by atoms with E-state index in [1.54, 1.807) is 6.92 Å². The number of aryl methyl sites for hydroxylation is 1. The second-order valence-electron chi connectivity index (χ2n) is 5.06. The Morgan fingerprint density at radius 3 is 2.52 bits per heavy atom. The molecule has 7 heteroatoms. The molecule has 2 N–H and O–H groups in total. The maximum atomic E-state index is 11.5. The second-order valence-corrected chi connectivity index (χ2v) is 6.04. The van der Waals surface area contributed by atoms with E-state index >= 15 is 0 Å². The summed E-state index contributed by atoms with van der Waals surface area (Å²) in [7, 11) is 1.83. The predicted octanol–water partition coefficient (Wildman–Crippen LogP) is 2.49. The van der Waals surface area contributed by atoms with Gasteiger partial charge in [0.1, 0.15) is 16.7 Å². The minimum absolute atomic E-state index is 0.158. The molecule has 0 saturated heterocycles. The summed E-state index contributed by atoms with van der Waals surface area (Å²) >= 11 is 1.35. The van der Waals surface area contributed by atoms with E-state index in [9.17, 15) is 4.79 Å². The van der Waals surface area contributed by atoms with Gasteiger partial charge < -0.3 is 10.3 Å². The number of aromatic amines is 1. The maximum absolute atomic E-state index is 11.5. The van der Waals surface area contributed by atoms with Gasteiger partial charge in [0.25, 0.3) is 5.56 Å². The lowest BCUT2D eigenvalue weighted by molar-refractivity contribution is 0.748. The van der Waals surface area contributed by atoms with E-state index in [1.807, 2.05) is 27.8 Å². The maximum Gasteiger partial charge on any atom is 0.251 e. The highest BCUT2D eigenvalue weighted by molar-refractivity contribution is 7.99. The fourth-order valence-electron chi connectivity index (χ4n) is 1.81. The van der Waals surface area contributed by atoms with Crippen molar-refractivity contribution in [2.75, 3.05) is 12.4 Å². The summed E-state index contributed by atoms with van der Waals surface area (Å²) in [6.45, 7) is 7.84. The van der Waals surface area contributed by atoms with Crippen LogP contribution in [0.5, 0.6) is 0 Å². The Labute approximate surface area is 127 Å². The van der Waals surface area contributed by atoms with Crippen molar-refractivity contribution in [3.8, 4) is 0 Å². The average molecular weight is 305 g/mol. The van der Waals surface area contributed by atoms with Crippen molar-refractivity contribution < 1.29 is 0 Å². The molecule has 0 aliphatic rings. The van der Waals surface area contributed by atoms with Gasteiger partial charge >= 0.3 is 0 Å². The first-order valence-electron chi connectivity index (χ1n) is 6.72. The molecule has 0 spiro atoms. The number of aromatic nitrogens is 4. The Kier molecular flexibility index (Phi) is 4.62. The molecule has 0 atom stereocenters. The molecule has 0 fully saturated rings. The fourth-order valence-corrected chi connectivity index (χ4v) is 2.72. The summed E-state index contributed by atoms with van der Waals surface area (Å²) in [5.74, 6) is 1.79. The topological polar surface area (TPSA) is 83.6 Å². The second kappa shape index (κ2) is 6.26. The van der Waals surface area contributed by atoms with E-state index in [-0.39, 0.29) is 11.5 Å². The summed E-state index contributed by atoms with van der Waals surface area (Å²) in [6, 6.07) is 1.47. The normalized spacial score (nSPS) is 11.0. The Balaban J connectivity index is 2.47. The van der Waals surface area contributed by atoms with Crippen LogP contribution in [0.2, 0.25) is 0 Å². The van der Waals surface area contributed by atoms with Gasteiger partial charge in [-0.2, -0.15) is 0 Å². The van der Waals surface area contributed by atoms with Crippen LogP contribution < -0.4 is 10.9 Å². The largest absolute Gasteiger partial charge is 0.373 e. The van der Waals surface area contributed by atoms with Gasteiger partial charge in [-0.15, -0.1) is 0 Å². The number of rotatable bonds is 4. The number of H-pyrrole nitrogens is 1. The smallest absolute Gasteiger partial charge is 0.251 e. The van der Waals surface area contributed by atoms with E-state index < -0.39 is 0 Å². The Bertz CT molecular complexity index is 711. The highest BCUT2D eigenvalue weighted by Crippen LogP contribution is 2.30. The van der Waals surface area contributed by atoms with Crippen LogP contribution in [0.3, 0.4) is 0 Å². The van der Waals surface area contributed by atoms with Crippen LogP contribution in [0.15, 0.2) is 21.0 Å². The first-order chi connectivity index (χ1) is 9.90. The van der Waals surface area contributed by atoms with Crippen molar-refractivity contribution in [1.82, 2.24) is 19.9 Å². The average Bonchev–Trinajstić information content (AvgIpc) is 2.39. The van der Waals surface area contributed by atoms with Gasteiger partial charge in [-0.1, -0.05) is 13.8 Å². The molecule has 2 heterocycles. The molecule has 0 aliphatic heterocycles. The van der Waals surface area contributed by atoms with Crippen molar-refractivity contribution >= 4 is 17.6 Å². The fraction of sp³-hybridized carbons (Fsp3) is 0.429. The molecule has 0 radical (unpaired) electrons. The molecule has 21 heavy (non-hydrogen) atoms. The SMILES string of the molecule is CNc1nc(C(C)C)nc(Sc2nc(C)cc(=O)[nH]2)c1C. The number of hydrogen-bond donors (Lipinski definition) is 2. The van der Waals surface area contributed by atoms with Gasteiger partial charge in [-0.05, 0) is 25.6 Å². The van der Waals surface area contributed by atoms with Gasteiger partial charge in [-0.25, -0.2) is 15.0 Å². The number of nitrogens with one attached hydrogen (secondary N) is 2. The molecule has 112 valence electrons. The zero-order valence-electron chi connectivity index (χ0n) is 12.8. The third kappa shape index (κ3) is 3.60. The van der Waals surface area contributed by atoms with E-state index in [0.29, 0.717) is 10.9 Å². The van der Waals surface area contributed by atoms with E-state index in [2.05, 4.69) is 25.3 Å². The standard InChI is InChI=1S/C14H19N5OS/c1-7(2)11-18-12(15-5)9(4)13(19-11)21-14-16-8(3)6-10(20)17-14/h6-7H,1-5H3,(H,15,18,19)(H,16,17,20). The van der Waals surface area contributed by atoms with Crippen LogP contribution in [-0.2, 0) is 0 Å². The first-order valence-corrected chi connectivity index (χ1v) is 7.54. The van der Waals surface area contributed by atoms with Crippen molar-refractivity contribution in [2.24, 2.45) is 0 Å². The van der Waals surface area contributed by atoms with Gasteiger partial charge in [0, 0.05) is 30.3 Å². The Hall–Kier alpha value is -1.89. The van der Waals surface area contributed by atoms with Crippen LogP contribution in [0, 0.1) is 13.8 Å². The third-order valence-electron chi connectivity index (χ3n) is 2.91. The summed E-state index contributed by atoms with van der Waals surface area (Å²) < 4.78 is 0. The minimum Gasteiger partial charge on any atom is -0.373 e. The Morgan fingerprint density at radius 2 is 1.95 bits per heavy atom. The molecule has 0 amide bonds. The predicted molar refractivity (Wildman–Crippen MR) is 84.1 cm³/mol. The van der Waals surface area contributed by atoms with Crippen LogP contribution >= 0.6 is 11.8 Å². The summed E-state index contributed by atoms with van der Waals surface area (Å²) in [6.07, 6.45) is 0. The molecule has 0 unspecified atom stereocenters. The van der Waals surface area contributed by atoms with Crippen LogP contribution in [0.25, 0.3) is 0 Å². The lowest BCUT2D eigenvalue weighted by Gasteiger charge is -2.13. The highest BCUT2D eigenvalue weighted by atomic mass is 32.2. The molecular weight excluding hydrogens is 286 g/mol. The quantitative estimate of drug-likeness (QED) is 0.667.